The summed E-state index contributed by atoms with van der Waals surface area (Å²) in [6.07, 6.45) is 0. The number of halogens is 1. The summed E-state index contributed by atoms with van der Waals surface area (Å²) in [6, 6.07) is 6.35. The highest BCUT2D eigenvalue weighted by atomic mass is 28.4. The molecule has 0 radical (unpaired) electrons. The van der Waals surface area contributed by atoms with Crippen molar-refractivity contribution in [3.8, 4) is 0 Å². The molecule has 0 bridgehead atoms. The minimum atomic E-state index is -2.34. The van der Waals surface area contributed by atoms with E-state index < -0.39 is 8.56 Å². The second-order valence-corrected chi connectivity index (χ2v) is 6.15. The first-order chi connectivity index (χ1) is 6.12. The van der Waals surface area contributed by atoms with E-state index in [1.54, 1.807) is 20.3 Å². The lowest BCUT2D eigenvalue weighted by atomic mass is 10.3. The fraction of sp³-hybridized carbons (Fsp3) is 0.333. The highest BCUT2D eigenvalue weighted by Gasteiger charge is 2.31. The predicted octanol–water partition coefficient (Wildman–Crippen LogP) is 1.40. The van der Waals surface area contributed by atoms with Gasteiger partial charge < -0.3 is 8.85 Å². The van der Waals surface area contributed by atoms with Crippen LogP contribution in [-0.2, 0) is 8.85 Å². The van der Waals surface area contributed by atoms with Crippen molar-refractivity contribution in [2.45, 2.75) is 6.55 Å². The van der Waals surface area contributed by atoms with Crippen molar-refractivity contribution in [2.24, 2.45) is 0 Å². The summed E-state index contributed by atoms with van der Waals surface area (Å²) < 4.78 is 23.4. The first-order valence-electron chi connectivity index (χ1n) is 3.99. The Morgan fingerprint density at radius 1 is 1.23 bits per heavy atom. The van der Waals surface area contributed by atoms with Crippen molar-refractivity contribution in [1.29, 1.82) is 0 Å². The summed E-state index contributed by atoms with van der Waals surface area (Å²) in [5, 5.41) is 0.803. The Bertz CT molecular complexity index is 287. The zero-order valence-corrected chi connectivity index (χ0v) is 9.00. The van der Waals surface area contributed by atoms with Gasteiger partial charge in [-0.1, -0.05) is 12.1 Å². The van der Waals surface area contributed by atoms with Gasteiger partial charge in [0.15, 0.2) is 0 Å². The van der Waals surface area contributed by atoms with Crippen LogP contribution in [0, 0.1) is 5.82 Å². The number of benzene rings is 1. The van der Waals surface area contributed by atoms with Crippen molar-refractivity contribution < 1.29 is 13.2 Å². The van der Waals surface area contributed by atoms with Gasteiger partial charge in [-0.3, -0.25) is 0 Å². The lowest BCUT2D eigenvalue weighted by Crippen LogP contribution is -2.49. The molecule has 0 aliphatic carbocycles. The van der Waals surface area contributed by atoms with Crippen LogP contribution in [0.1, 0.15) is 0 Å². The quantitative estimate of drug-likeness (QED) is 0.687. The Kier molecular flexibility index (Phi) is 3.19. The summed E-state index contributed by atoms with van der Waals surface area (Å²) in [4.78, 5) is 0. The van der Waals surface area contributed by atoms with Gasteiger partial charge >= 0.3 is 8.56 Å². The van der Waals surface area contributed by atoms with E-state index in [0.717, 1.165) is 5.19 Å². The van der Waals surface area contributed by atoms with Gasteiger partial charge in [0, 0.05) is 14.2 Å². The SMILES string of the molecule is CO[Si](C)(OC)c1cccc(F)c1. The van der Waals surface area contributed by atoms with Gasteiger partial charge in [0.25, 0.3) is 0 Å². The highest BCUT2D eigenvalue weighted by Crippen LogP contribution is 2.06. The van der Waals surface area contributed by atoms with E-state index in [9.17, 15) is 4.39 Å². The molecule has 0 N–H and O–H groups in total. The number of hydrogen-bond acceptors (Lipinski definition) is 2. The third-order valence-electron chi connectivity index (χ3n) is 2.13. The average molecular weight is 200 g/mol. The lowest BCUT2D eigenvalue weighted by Gasteiger charge is -2.22. The molecule has 0 aliphatic heterocycles. The van der Waals surface area contributed by atoms with Gasteiger partial charge in [0.2, 0.25) is 0 Å². The molecule has 4 heteroatoms. The molecule has 0 unspecified atom stereocenters. The number of rotatable bonds is 3. The van der Waals surface area contributed by atoms with Crippen LogP contribution in [-0.4, -0.2) is 22.8 Å². The number of hydrogen-bond donors (Lipinski definition) is 0. The minimum absolute atomic E-state index is 0.259. The average Bonchev–Trinajstić information content (AvgIpc) is 2.17. The standard InChI is InChI=1S/C9H13FO2Si/c1-11-13(3,12-2)9-6-4-5-8(10)7-9/h4-7H,1-3H3. The van der Waals surface area contributed by atoms with E-state index in [4.69, 9.17) is 8.85 Å². The van der Waals surface area contributed by atoms with Gasteiger partial charge in [0.1, 0.15) is 5.82 Å². The van der Waals surface area contributed by atoms with E-state index in [-0.39, 0.29) is 5.82 Å². The molecule has 0 aromatic heterocycles. The van der Waals surface area contributed by atoms with Gasteiger partial charge in [-0.2, -0.15) is 0 Å². The van der Waals surface area contributed by atoms with Crippen LogP contribution in [0.2, 0.25) is 6.55 Å². The molecule has 1 aromatic rings. The molecule has 0 atom stereocenters. The van der Waals surface area contributed by atoms with E-state index in [1.165, 1.54) is 12.1 Å². The van der Waals surface area contributed by atoms with Crippen LogP contribution in [0.5, 0.6) is 0 Å². The topological polar surface area (TPSA) is 18.5 Å². The first kappa shape index (κ1) is 10.4. The summed E-state index contributed by atoms with van der Waals surface area (Å²) >= 11 is 0. The maximum atomic E-state index is 12.9. The molecular weight excluding hydrogens is 187 g/mol. The highest BCUT2D eigenvalue weighted by molar-refractivity contribution is 6.79. The van der Waals surface area contributed by atoms with Crippen molar-refractivity contribution in [3.63, 3.8) is 0 Å². The molecule has 2 nitrogen and oxygen atoms in total. The summed E-state index contributed by atoms with van der Waals surface area (Å²) in [5.74, 6) is -0.259. The van der Waals surface area contributed by atoms with Gasteiger partial charge in [-0.15, -0.1) is 0 Å². The zero-order valence-electron chi connectivity index (χ0n) is 8.00. The van der Waals surface area contributed by atoms with Crippen molar-refractivity contribution >= 4 is 13.7 Å². The molecule has 0 saturated heterocycles. The van der Waals surface area contributed by atoms with Crippen LogP contribution in [0.25, 0.3) is 0 Å². The maximum Gasteiger partial charge on any atom is 0.368 e. The second-order valence-electron chi connectivity index (χ2n) is 2.86. The molecule has 1 rings (SSSR count). The molecule has 1 aromatic carbocycles. The Morgan fingerprint density at radius 3 is 2.31 bits per heavy atom. The maximum absolute atomic E-state index is 12.9. The molecule has 0 spiro atoms. The lowest BCUT2D eigenvalue weighted by molar-refractivity contribution is 0.265. The van der Waals surface area contributed by atoms with Gasteiger partial charge in [-0.25, -0.2) is 4.39 Å². The van der Waals surface area contributed by atoms with Crippen LogP contribution >= 0.6 is 0 Å². The van der Waals surface area contributed by atoms with Crippen LogP contribution in [0.4, 0.5) is 4.39 Å². The Hall–Kier alpha value is -0.713. The molecule has 0 amide bonds. The Balaban J connectivity index is 3.05. The smallest absolute Gasteiger partial charge is 0.368 e. The van der Waals surface area contributed by atoms with Gasteiger partial charge in [-0.05, 0) is 23.9 Å². The molecule has 0 saturated carbocycles. The summed E-state index contributed by atoms with van der Waals surface area (Å²) in [7, 11) is 0.823. The van der Waals surface area contributed by atoms with E-state index in [0.29, 0.717) is 0 Å². The van der Waals surface area contributed by atoms with E-state index in [2.05, 4.69) is 0 Å². The van der Waals surface area contributed by atoms with E-state index >= 15 is 0 Å². The van der Waals surface area contributed by atoms with Gasteiger partial charge in [0.05, 0.1) is 0 Å². The fourth-order valence-corrected chi connectivity index (χ4v) is 2.53. The molecule has 13 heavy (non-hydrogen) atoms. The summed E-state index contributed by atoms with van der Waals surface area (Å²) in [5.41, 5.74) is 0. The predicted molar refractivity (Wildman–Crippen MR) is 51.7 cm³/mol. The van der Waals surface area contributed by atoms with E-state index in [1.807, 2.05) is 12.6 Å². The van der Waals surface area contributed by atoms with Crippen molar-refractivity contribution in [1.82, 2.24) is 0 Å². The molecule has 0 heterocycles. The fourth-order valence-electron chi connectivity index (χ4n) is 1.09. The van der Waals surface area contributed by atoms with Crippen LogP contribution in [0.15, 0.2) is 24.3 Å². The largest absolute Gasteiger partial charge is 0.394 e. The van der Waals surface area contributed by atoms with Crippen LogP contribution in [0.3, 0.4) is 0 Å². The summed E-state index contributed by atoms with van der Waals surface area (Å²) in [6.45, 7) is 1.88. The molecule has 0 aliphatic rings. The Labute approximate surface area is 78.5 Å². The van der Waals surface area contributed by atoms with Crippen molar-refractivity contribution in [2.75, 3.05) is 14.2 Å². The van der Waals surface area contributed by atoms with Crippen molar-refractivity contribution in [3.05, 3.63) is 30.1 Å². The molecule has 0 fully saturated rings. The Morgan fingerprint density at radius 2 is 1.85 bits per heavy atom. The minimum Gasteiger partial charge on any atom is -0.394 e. The first-order valence-corrected chi connectivity index (χ1v) is 6.30. The third-order valence-corrected chi connectivity index (χ3v) is 5.05. The second kappa shape index (κ2) is 4.00. The normalized spacial score (nSPS) is 11.7. The molecular formula is C9H13FO2Si. The third kappa shape index (κ3) is 2.15. The van der Waals surface area contributed by atoms with Crippen LogP contribution < -0.4 is 5.19 Å². The molecule has 72 valence electrons. The monoisotopic (exact) mass is 200 g/mol. The zero-order chi connectivity index (χ0) is 9.90.